The number of para-hydroxylation sites is 1. The van der Waals surface area contributed by atoms with Crippen molar-refractivity contribution in [1.29, 1.82) is 0 Å². The van der Waals surface area contributed by atoms with Crippen LogP contribution in [-0.4, -0.2) is 29.9 Å². The number of esters is 1. The predicted molar refractivity (Wildman–Crippen MR) is 188 cm³/mol. The summed E-state index contributed by atoms with van der Waals surface area (Å²) >= 11 is 1.27. The zero-order valence-electron chi connectivity index (χ0n) is 27.7. The Labute approximate surface area is 283 Å². The Morgan fingerprint density at radius 2 is 1.67 bits per heavy atom. The quantitative estimate of drug-likeness (QED) is 0.146. The Kier molecular flexibility index (Phi) is 9.77. The van der Waals surface area contributed by atoms with Gasteiger partial charge in [-0.3, -0.25) is 9.36 Å². The Morgan fingerprint density at radius 3 is 2.44 bits per heavy atom. The number of allylic oxidation sites excluding steroid dienone is 1. The molecule has 246 valence electrons. The average molecular weight is 663 g/mol. The van der Waals surface area contributed by atoms with Crippen molar-refractivity contribution in [3.05, 3.63) is 133 Å². The molecular weight excluding hydrogens is 625 g/mol. The van der Waals surface area contributed by atoms with Crippen molar-refractivity contribution in [1.82, 2.24) is 4.57 Å². The number of fused-ring (bicyclic) bond motifs is 2. The van der Waals surface area contributed by atoms with Crippen molar-refractivity contribution < 1.29 is 23.7 Å². The molecule has 0 unspecified atom stereocenters. The number of carbonyl (C=O) groups excluding carboxylic acids is 1. The number of nitrogens with zero attached hydrogens (tertiary/aromatic N) is 2. The third kappa shape index (κ3) is 6.78. The number of hydrogen-bond donors (Lipinski definition) is 0. The molecule has 8 nitrogen and oxygen atoms in total. The number of hydrogen-bond acceptors (Lipinski definition) is 8. The fourth-order valence-corrected chi connectivity index (χ4v) is 6.84. The van der Waals surface area contributed by atoms with Gasteiger partial charge in [0.25, 0.3) is 5.56 Å². The molecule has 0 spiro atoms. The van der Waals surface area contributed by atoms with Crippen LogP contribution in [0.1, 0.15) is 57.4 Å². The van der Waals surface area contributed by atoms with E-state index in [1.165, 1.54) is 16.7 Å². The lowest BCUT2D eigenvalue weighted by atomic mass is 9.95. The SMILES string of the molecule is CCOC(=O)C1=C(C)N=c2s/c(=C/c3ccc(OCc4ccc5ccccc5c4)c(OCC)c3)c(=O)n2[C@H]1c1ccccc1OC(C)C. The van der Waals surface area contributed by atoms with Crippen LogP contribution >= 0.6 is 11.3 Å². The molecule has 1 aliphatic heterocycles. The fourth-order valence-electron chi connectivity index (χ4n) is 5.80. The van der Waals surface area contributed by atoms with Gasteiger partial charge in [0.2, 0.25) is 0 Å². The van der Waals surface area contributed by atoms with E-state index in [-0.39, 0.29) is 18.3 Å². The normalized spacial score (nSPS) is 14.5. The van der Waals surface area contributed by atoms with Gasteiger partial charge in [0.15, 0.2) is 16.3 Å². The minimum Gasteiger partial charge on any atom is -0.491 e. The molecule has 0 saturated heterocycles. The molecule has 1 aromatic heterocycles. The molecule has 5 aromatic rings. The van der Waals surface area contributed by atoms with Crippen LogP contribution in [0.15, 0.2) is 106 Å². The topological polar surface area (TPSA) is 88.4 Å². The highest BCUT2D eigenvalue weighted by Gasteiger charge is 2.35. The summed E-state index contributed by atoms with van der Waals surface area (Å²) in [4.78, 5) is 32.8. The van der Waals surface area contributed by atoms with Crippen molar-refractivity contribution in [2.45, 2.75) is 53.4 Å². The monoisotopic (exact) mass is 662 g/mol. The first-order chi connectivity index (χ1) is 23.3. The molecule has 0 bridgehead atoms. The van der Waals surface area contributed by atoms with E-state index in [2.05, 4.69) is 30.3 Å². The highest BCUT2D eigenvalue weighted by atomic mass is 32.1. The van der Waals surface area contributed by atoms with Crippen molar-refractivity contribution in [2.24, 2.45) is 4.99 Å². The van der Waals surface area contributed by atoms with Crippen LogP contribution < -0.4 is 29.1 Å². The van der Waals surface area contributed by atoms with Crippen LogP contribution in [0.25, 0.3) is 16.8 Å². The molecule has 0 amide bonds. The molecule has 4 aromatic carbocycles. The van der Waals surface area contributed by atoms with Crippen LogP contribution in [0.2, 0.25) is 0 Å². The molecule has 0 fully saturated rings. The second kappa shape index (κ2) is 14.3. The number of benzene rings is 4. The zero-order valence-corrected chi connectivity index (χ0v) is 28.5. The van der Waals surface area contributed by atoms with Gasteiger partial charge in [-0.25, -0.2) is 9.79 Å². The molecule has 48 heavy (non-hydrogen) atoms. The largest absolute Gasteiger partial charge is 0.491 e. The van der Waals surface area contributed by atoms with Gasteiger partial charge in [-0.05, 0) is 86.9 Å². The maximum absolute atomic E-state index is 14.2. The van der Waals surface area contributed by atoms with Crippen LogP contribution in [-0.2, 0) is 16.1 Å². The third-order valence-corrected chi connectivity index (χ3v) is 8.85. The number of rotatable bonds is 11. The highest BCUT2D eigenvalue weighted by Crippen LogP contribution is 2.36. The van der Waals surface area contributed by atoms with E-state index in [4.69, 9.17) is 23.9 Å². The van der Waals surface area contributed by atoms with E-state index in [0.29, 0.717) is 56.6 Å². The molecule has 0 saturated carbocycles. The smallest absolute Gasteiger partial charge is 0.338 e. The number of carbonyl (C=O) groups is 1. The van der Waals surface area contributed by atoms with Crippen molar-refractivity contribution in [3.8, 4) is 17.2 Å². The summed E-state index contributed by atoms with van der Waals surface area (Å²) in [6.07, 6.45) is 1.70. The van der Waals surface area contributed by atoms with Crippen molar-refractivity contribution in [2.75, 3.05) is 13.2 Å². The Morgan fingerprint density at radius 1 is 0.896 bits per heavy atom. The summed E-state index contributed by atoms with van der Waals surface area (Å²) in [5.41, 5.74) is 3.03. The van der Waals surface area contributed by atoms with Crippen molar-refractivity contribution >= 4 is 34.2 Å². The minimum atomic E-state index is -0.776. The number of ether oxygens (including phenoxy) is 4. The van der Waals surface area contributed by atoms with Crippen LogP contribution in [0, 0.1) is 0 Å². The predicted octanol–water partition coefficient (Wildman–Crippen LogP) is 6.72. The molecule has 0 N–H and O–H groups in total. The van der Waals surface area contributed by atoms with Gasteiger partial charge >= 0.3 is 5.97 Å². The van der Waals surface area contributed by atoms with Gasteiger partial charge in [0, 0.05) is 5.56 Å². The Balaban J connectivity index is 1.38. The lowest BCUT2D eigenvalue weighted by Crippen LogP contribution is -2.40. The van der Waals surface area contributed by atoms with Gasteiger partial charge in [0.05, 0.1) is 35.1 Å². The molecule has 0 radical (unpaired) electrons. The first kappa shape index (κ1) is 32.8. The lowest BCUT2D eigenvalue weighted by Gasteiger charge is -2.26. The van der Waals surface area contributed by atoms with Gasteiger partial charge in [-0.2, -0.15) is 0 Å². The molecule has 1 aliphatic rings. The number of aromatic nitrogens is 1. The molecule has 6 rings (SSSR count). The summed E-state index contributed by atoms with van der Waals surface area (Å²) in [7, 11) is 0. The van der Waals surface area contributed by atoms with E-state index >= 15 is 0 Å². The number of thiazole rings is 1. The van der Waals surface area contributed by atoms with E-state index in [1.807, 2.05) is 81.4 Å². The van der Waals surface area contributed by atoms with Crippen LogP contribution in [0.5, 0.6) is 17.2 Å². The molecular formula is C39H38N2O6S. The molecule has 2 heterocycles. The highest BCUT2D eigenvalue weighted by molar-refractivity contribution is 7.07. The molecule has 9 heteroatoms. The summed E-state index contributed by atoms with van der Waals surface area (Å²) in [5.74, 6) is 1.26. The standard InChI is InChI=1S/C39H38N2O6S/c1-6-44-33-21-26(17-19-32(33)46-23-27-16-18-28-12-8-9-13-29(28)20-27)22-34-37(42)41-36(30-14-10-11-15-31(30)47-24(3)4)35(38(43)45-7-2)25(5)40-39(41)48-34/h8-22,24,36H,6-7,23H2,1-5H3/b34-22+/t36-/m0/s1. The lowest BCUT2D eigenvalue weighted by molar-refractivity contribution is -0.139. The van der Waals surface area contributed by atoms with Gasteiger partial charge in [0.1, 0.15) is 18.4 Å². The second-order valence-electron chi connectivity index (χ2n) is 11.6. The average Bonchev–Trinajstić information content (AvgIpc) is 3.37. The maximum Gasteiger partial charge on any atom is 0.338 e. The first-order valence-corrected chi connectivity index (χ1v) is 16.9. The van der Waals surface area contributed by atoms with Gasteiger partial charge in [-0.15, -0.1) is 0 Å². The van der Waals surface area contributed by atoms with E-state index in [0.717, 1.165) is 16.5 Å². The maximum atomic E-state index is 14.2. The fraction of sp³-hybridized carbons (Fsp3) is 0.256. The summed E-state index contributed by atoms with van der Waals surface area (Å²) in [6, 6.07) is 26.8. The van der Waals surface area contributed by atoms with Crippen LogP contribution in [0.3, 0.4) is 0 Å². The summed E-state index contributed by atoms with van der Waals surface area (Å²) in [5, 5.41) is 2.33. The molecule has 0 aliphatic carbocycles. The molecule has 1 atom stereocenters. The van der Waals surface area contributed by atoms with Gasteiger partial charge in [-0.1, -0.05) is 72.0 Å². The second-order valence-corrected chi connectivity index (χ2v) is 12.6. The Bertz CT molecular complexity index is 2200. The zero-order chi connectivity index (χ0) is 33.8. The summed E-state index contributed by atoms with van der Waals surface area (Å²) < 4.78 is 25.8. The first-order valence-electron chi connectivity index (χ1n) is 16.1. The third-order valence-electron chi connectivity index (χ3n) is 7.87. The van der Waals surface area contributed by atoms with Crippen LogP contribution in [0.4, 0.5) is 0 Å². The van der Waals surface area contributed by atoms with E-state index < -0.39 is 12.0 Å². The minimum absolute atomic E-state index is 0.114. The van der Waals surface area contributed by atoms with Gasteiger partial charge < -0.3 is 18.9 Å². The van der Waals surface area contributed by atoms with E-state index in [9.17, 15) is 9.59 Å². The Hall–Kier alpha value is -5.15. The summed E-state index contributed by atoms with van der Waals surface area (Å²) in [6.45, 7) is 10.3. The van der Waals surface area contributed by atoms with E-state index in [1.54, 1.807) is 18.4 Å². The van der Waals surface area contributed by atoms with Crippen molar-refractivity contribution in [3.63, 3.8) is 0 Å².